The second-order valence-corrected chi connectivity index (χ2v) is 9.60. The zero-order valence-electron chi connectivity index (χ0n) is 19.4. The highest BCUT2D eigenvalue weighted by molar-refractivity contribution is 5.16. The number of nitrogens with zero attached hydrogens (tertiary/aromatic N) is 6. The fourth-order valence-electron chi connectivity index (χ4n) is 5.29. The fourth-order valence-corrected chi connectivity index (χ4v) is 5.29. The molecule has 2 fully saturated rings. The van der Waals surface area contributed by atoms with Gasteiger partial charge in [-0.15, -0.1) is 10.2 Å². The standard InChI is InChI=1S/C22H38N8/c1-15-9-27(10-16(2)23-15)13-21-25-26-22(14-28-11-17(3)24-18(4)12-28)30(21)29-19(5)7-8-20(29)6/h7-8,15-18,23-24H,9-14H2,1-6H3/t15-,16-,17-,18+/m0/s1. The smallest absolute Gasteiger partial charge is 0.167 e. The largest absolute Gasteiger partial charge is 0.309 e. The second-order valence-electron chi connectivity index (χ2n) is 9.60. The maximum Gasteiger partial charge on any atom is 0.167 e. The number of aryl methyl sites for hydroxylation is 2. The molecule has 0 saturated carbocycles. The Morgan fingerprint density at radius 3 is 1.43 bits per heavy atom. The summed E-state index contributed by atoms with van der Waals surface area (Å²) in [6.07, 6.45) is 0. The third-order valence-electron chi connectivity index (χ3n) is 6.20. The molecule has 4 heterocycles. The lowest BCUT2D eigenvalue weighted by atomic mass is 10.1. The van der Waals surface area contributed by atoms with E-state index in [1.165, 1.54) is 11.4 Å². The van der Waals surface area contributed by atoms with Gasteiger partial charge in [-0.1, -0.05) is 0 Å². The Morgan fingerprint density at radius 1 is 0.700 bits per heavy atom. The van der Waals surface area contributed by atoms with Crippen molar-refractivity contribution in [3.8, 4) is 0 Å². The highest BCUT2D eigenvalue weighted by atomic mass is 15.5. The first-order valence-corrected chi connectivity index (χ1v) is 11.4. The van der Waals surface area contributed by atoms with Gasteiger partial charge < -0.3 is 10.6 Å². The lowest BCUT2D eigenvalue weighted by Gasteiger charge is -2.36. The van der Waals surface area contributed by atoms with Crippen LogP contribution in [0.1, 0.15) is 50.7 Å². The molecule has 8 nitrogen and oxygen atoms in total. The van der Waals surface area contributed by atoms with E-state index in [2.05, 4.69) is 93.7 Å². The second kappa shape index (κ2) is 8.78. The molecule has 2 N–H and O–H groups in total. The average Bonchev–Trinajstić information content (AvgIpc) is 3.15. The van der Waals surface area contributed by atoms with Gasteiger partial charge in [0.25, 0.3) is 0 Å². The zero-order chi connectivity index (χ0) is 21.4. The Hall–Kier alpha value is -1.74. The molecule has 2 saturated heterocycles. The number of piperazine rings is 2. The van der Waals surface area contributed by atoms with Gasteiger partial charge in [0.1, 0.15) is 0 Å². The van der Waals surface area contributed by atoms with Crippen molar-refractivity contribution in [3.05, 3.63) is 35.2 Å². The summed E-state index contributed by atoms with van der Waals surface area (Å²) in [5.74, 6) is 2.04. The first kappa shape index (κ1) is 21.5. The number of hydrogen-bond acceptors (Lipinski definition) is 6. The first-order chi connectivity index (χ1) is 14.3. The Bertz CT molecular complexity index is 770. The topological polar surface area (TPSA) is 66.2 Å². The van der Waals surface area contributed by atoms with E-state index in [-0.39, 0.29) is 0 Å². The molecule has 0 unspecified atom stereocenters. The molecule has 0 radical (unpaired) electrons. The molecule has 0 bridgehead atoms. The molecule has 0 spiro atoms. The van der Waals surface area contributed by atoms with Crippen LogP contribution in [0.25, 0.3) is 0 Å². The Labute approximate surface area is 180 Å². The molecule has 2 aromatic rings. The third kappa shape index (κ3) is 4.61. The van der Waals surface area contributed by atoms with Crippen molar-refractivity contribution in [2.45, 2.75) is 78.8 Å². The number of hydrogen-bond donors (Lipinski definition) is 2. The van der Waals surface area contributed by atoms with E-state index in [0.717, 1.165) is 50.9 Å². The van der Waals surface area contributed by atoms with Crippen LogP contribution in [0.2, 0.25) is 0 Å². The van der Waals surface area contributed by atoms with Gasteiger partial charge in [0.05, 0.1) is 13.1 Å². The Kier molecular flexibility index (Phi) is 6.29. The van der Waals surface area contributed by atoms with Gasteiger partial charge in [0.2, 0.25) is 0 Å². The maximum atomic E-state index is 4.69. The van der Waals surface area contributed by atoms with Crippen molar-refractivity contribution in [3.63, 3.8) is 0 Å². The van der Waals surface area contributed by atoms with Crippen molar-refractivity contribution in [2.24, 2.45) is 0 Å². The molecule has 166 valence electrons. The summed E-state index contributed by atoms with van der Waals surface area (Å²) in [5, 5.41) is 16.6. The monoisotopic (exact) mass is 414 g/mol. The van der Waals surface area contributed by atoms with Crippen LogP contribution < -0.4 is 10.6 Å². The van der Waals surface area contributed by atoms with Crippen molar-refractivity contribution < 1.29 is 0 Å². The molecule has 0 amide bonds. The summed E-state index contributed by atoms with van der Waals surface area (Å²) in [6, 6.07) is 6.30. The van der Waals surface area contributed by atoms with E-state index >= 15 is 0 Å². The normalized spacial score (nSPS) is 28.9. The molecule has 4 rings (SSSR count). The number of nitrogens with one attached hydrogen (secondary N) is 2. The minimum atomic E-state index is 0.489. The van der Waals surface area contributed by atoms with Gasteiger partial charge in [0.15, 0.2) is 11.6 Å². The summed E-state index contributed by atoms with van der Waals surface area (Å²) in [4.78, 5) is 5.00. The number of rotatable bonds is 5. The van der Waals surface area contributed by atoms with E-state index in [1.807, 2.05) is 0 Å². The summed E-state index contributed by atoms with van der Waals surface area (Å²) in [7, 11) is 0. The molecule has 2 aliphatic heterocycles. The van der Waals surface area contributed by atoms with Crippen LogP contribution >= 0.6 is 0 Å². The minimum absolute atomic E-state index is 0.489. The SMILES string of the molecule is Cc1ccc(C)n1-n1c(CN2C[C@@H](C)N[C@@H](C)C2)nnc1CN1C[C@H](C)N[C@@H](C)C1. The highest BCUT2D eigenvalue weighted by Gasteiger charge is 2.27. The third-order valence-corrected chi connectivity index (χ3v) is 6.20. The van der Waals surface area contributed by atoms with Crippen molar-refractivity contribution in [2.75, 3.05) is 26.2 Å². The predicted molar refractivity (Wildman–Crippen MR) is 119 cm³/mol. The van der Waals surface area contributed by atoms with E-state index in [1.54, 1.807) is 0 Å². The first-order valence-electron chi connectivity index (χ1n) is 11.4. The lowest BCUT2D eigenvalue weighted by molar-refractivity contribution is 0.156. The summed E-state index contributed by atoms with van der Waals surface area (Å²) >= 11 is 0. The molecular weight excluding hydrogens is 376 g/mol. The van der Waals surface area contributed by atoms with Crippen LogP contribution in [0.3, 0.4) is 0 Å². The van der Waals surface area contributed by atoms with Gasteiger partial charge >= 0.3 is 0 Å². The number of aromatic nitrogens is 4. The minimum Gasteiger partial charge on any atom is -0.309 e. The molecule has 0 aliphatic carbocycles. The quantitative estimate of drug-likeness (QED) is 0.771. The van der Waals surface area contributed by atoms with Crippen LogP contribution in [-0.2, 0) is 13.1 Å². The van der Waals surface area contributed by atoms with Crippen LogP contribution in [0, 0.1) is 13.8 Å². The van der Waals surface area contributed by atoms with E-state index in [9.17, 15) is 0 Å². The van der Waals surface area contributed by atoms with Crippen molar-refractivity contribution in [1.29, 1.82) is 0 Å². The maximum absolute atomic E-state index is 4.69. The average molecular weight is 415 g/mol. The van der Waals surface area contributed by atoms with Crippen molar-refractivity contribution in [1.82, 2.24) is 40.0 Å². The van der Waals surface area contributed by atoms with E-state index in [4.69, 9.17) is 0 Å². The molecule has 0 aromatic carbocycles. The van der Waals surface area contributed by atoms with Crippen LogP contribution in [0.15, 0.2) is 12.1 Å². The molecule has 4 atom stereocenters. The molecule has 30 heavy (non-hydrogen) atoms. The highest BCUT2D eigenvalue weighted by Crippen LogP contribution is 2.17. The van der Waals surface area contributed by atoms with E-state index < -0.39 is 0 Å². The summed E-state index contributed by atoms with van der Waals surface area (Å²) < 4.78 is 4.54. The fraction of sp³-hybridized carbons (Fsp3) is 0.727. The zero-order valence-corrected chi connectivity index (χ0v) is 19.4. The Balaban J connectivity index is 1.64. The van der Waals surface area contributed by atoms with Crippen LogP contribution in [0.4, 0.5) is 0 Å². The van der Waals surface area contributed by atoms with Gasteiger partial charge in [-0.3, -0.25) is 14.5 Å². The van der Waals surface area contributed by atoms with Crippen LogP contribution in [0.5, 0.6) is 0 Å². The van der Waals surface area contributed by atoms with Crippen LogP contribution in [-0.4, -0.2) is 79.7 Å². The van der Waals surface area contributed by atoms with Crippen molar-refractivity contribution >= 4 is 0 Å². The Morgan fingerprint density at radius 2 is 1.07 bits per heavy atom. The molecular formula is C22H38N8. The molecule has 8 heteroatoms. The molecule has 2 aliphatic rings. The summed E-state index contributed by atoms with van der Waals surface area (Å²) in [6.45, 7) is 19.1. The van der Waals surface area contributed by atoms with Gasteiger partial charge in [-0.25, -0.2) is 4.68 Å². The van der Waals surface area contributed by atoms with Gasteiger partial charge in [0, 0.05) is 61.7 Å². The van der Waals surface area contributed by atoms with Gasteiger partial charge in [-0.05, 0) is 53.7 Å². The molecule has 2 aromatic heterocycles. The summed E-state index contributed by atoms with van der Waals surface area (Å²) in [5.41, 5.74) is 2.41. The lowest BCUT2D eigenvalue weighted by Crippen LogP contribution is -2.54. The predicted octanol–water partition coefficient (Wildman–Crippen LogP) is 1.37. The van der Waals surface area contributed by atoms with Gasteiger partial charge in [-0.2, -0.15) is 0 Å². The van der Waals surface area contributed by atoms with E-state index in [0.29, 0.717) is 24.2 Å².